The quantitative estimate of drug-likeness (QED) is 0.824. The van der Waals surface area contributed by atoms with E-state index in [9.17, 15) is 9.59 Å². The zero-order valence-corrected chi connectivity index (χ0v) is 10.3. The van der Waals surface area contributed by atoms with Gasteiger partial charge in [-0.25, -0.2) is 0 Å². The fourth-order valence-corrected chi connectivity index (χ4v) is 2.60. The maximum absolute atomic E-state index is 11.7. The maximum atomic E-state index is 11.7. The Balaban J connectivity index is 1.81. The number of methoxy groups -OCH3 is 1. The van der Waals surface area contributed by atoms with E-state index in [1.165, 1.54) is 7.11 Å². The Morgan fingerprint density at radius 2 is 2.22 bits per heavy atom. The van der Waals surface area contributed by atoms with Gasteiger partial charge in [0.2, 0.25) is 5.91 Å². The molecular formula is C14H15NO3. The highest BCUT2D eigenvalue weighted by Gasteiger charge is 2.50. The molecule has 1 aromatic carbocycles. The third-order valence-corrected chi connectivity index (χ3v) is 3.81. The lowest BCUT2D eigenvalue weighted by Crippen LogP contribution is -2.20. The summed E-state index contributed by atoms with van der Waals surface area (Å²) in [5, 5.41) is 2.81. The largest absolute Gasteiger partial charge is 0.469 e. The normalized spacial score (nSPS) is 19.1. The highest BCUT2D eigenvalue weighted by molar-refractivity contribution is 5.99. The Bertz CT molecular complexity index is 532. The number of hydrogen-bond donors (Lipinski definition) is 1. The van der Waals surface area contributed by atoms with Crippen molar-refractivity contribution in [2.45, 2.75) is 25.7 Å². The Labute approximate surface area is 105 Å². The smallest absolute Gasteiger partial charge is 0.312 e. The van der Waals surface area contributed by atoms with Crippen LogP contribution in [0.3, 0.4) is 0 Å². The van der Waals surface area contributed by atoms with E-state index in [1.54, 1.807) is 0 Å². The van der Waals surface area contributed by atoms with E-state index in [4.69, 9.17) is 4.74 Å². The number of anilines is 1. The van der Waals surface area contributed by atoms with Gasteiger partial charge in [0.25, 0.3) is 0 Å². The molecule has 0 radical (unpaired) electrons. The number of amides is 1. The zero-order valence-electron chi connectivity index (χ0n) is 10.3. The van der Waals surface area contributed by atoms with Crippen LogP contribution in [-0.4, -0.2) is 19.0 Å². The van der Waals surface area contributed by atoms with Gasteiger partial charge in [0.15, 0.2) is 0 Å². The first kappa shape index (κ1) is 11.3. The summed E-state index contributed by atoms with van der Waals surface area (Å²) in [7, 11) is 1.44. The number of carbonyl (C=O) groups is 2. The summed E-state index contributed by atoms with van der Waals surface area (Å²) >= 11 is 0. The number of ether oxygens (including phenoxy) is 1. The van der Waals surface area contributed by atoms with Gasteiger partial charge in [0.1, 0.15) is 0 Å². The fourth-order valence-electron chi connectivity index (χ4n) is 2.60. The van der Waals surface area contributed by atoms with E-state index in [1.807, 2.05) is 18.2 Å². The molecule has 1 saturated carbocycles. The SMILES string of the molecule is COC(=O)C1(Cc2ccc3c(c2)CC(=O)N3)CC1. The Hall–Kier alpha value is -1.84. The third kappa shape index (κ3) is 1.78. The van der Waals surface area contributed by atoms with E-state index in [-0.39, 0.29) is 17.3 Å². The molecule has 0 atom stereocenters. The van der Waals surface area contributed by atoms with Crippen molar-refractivity contribution in [2.24, 2.45) is 5.41 Å². The second kappa shape index (κ2) is 3.83. The van der Waals surface area contributed by atoms with Crippen LogP contribution in [0.25, 0.3) is 0 Å². The summed E-state index contributed by atoms with van der Waals surface area (Å²) in [4.78, 5) is 23.0. The molecule has 4 heteroatoms. The molecule has 18 heavy (non-hydrogen) atoms. The van der Waals surface area contributed by atoms with Gasteiger partial charge in [-0.05, 0) is 36.5 Å². The highest BCUT2D eigenvalue weighted by atomic mass is 16.5. The van der Waals surface area contributed by atoms with Crippen molar-refractivity contribution in [3.8, 4) is 0 Å². The van der Waals surface area contributed by atoms with Gasteiger partial charge in [-0.1, -0.05) is 12.1 Å². The lowest BCUT2D eigenvalue weighted by Gasteiger charge is -2.13. The van der Waals surface area contributed by atoms with Crippen molar-refractivity contribution in [1.82, 2.24) is 0 Å². The summed E-state index contributed by atoms with van der Waals surface area (Å²) in [6, 6.07) is 5.92. The van der Waals surface area contributed by atoms with Crippen LogP contribution < -0.4 is 5.32 Å². The predicted octanol–water partition coefficient (Wildman–Crippen LogP) is 1.68. The van der Waals surface area contributed by atoms with Crippen LogP contribution in [0, 0.1) is 5.41 Å². The molecule has 2 aliphatic rings. The predicted molar refractivity (Wildman–Crippen MR) is 66.2 cm³/mol. The first-order valence-electron chi connectivity index (χ1n) is 6.13. The molecule has 0 aromatic heterocycles. The first-order chi connectivity index (χ1) is 8.63. The number of benzene rings is 1. The number of esters is 1. The van der Waals surface area contributed by atoms with Crippen molar-refractivity contribution in [3.05, 3.63) is 29.3 Å². The van der Waals surface area contributed by atoms with Gasteiger partial charge >= 0.3 is 5.97 Å². The van der Waals surface area contributed by atoms with E-state index in [0.29, 0.717) is 12.8 Å². The van der Waals surface area contributed by atoms with Crippen molar-refractivity contribution in [3.63, 3.8) is 0 Å². The number of nitrogens with one attached hydrogen (secondary N) is 1. The average molecular weight is 245 g/mol. The van der Waals surface area contributed by atoms with Crippen LogP contribution in [0.15, 0.2) is 18.2 Å². The Morgan fingerprint density at radius 3 is 2.89 bits per heavy atom. The standard InChI is InChI=1S/C14H15NO3/c1-18-13(17)14(4-5-14)8-9-2-3-11-10(6-9)7-12(16)15-11/h2-3,6H,4-5,7-8H2,1H3,(H,15,16). The van der Waals surface area contributed by atoms with Crippen LogP contribution in [0.1, 0.15) is 24.0 Å². The Kier molecular flexibility index (Phi) is 2.40. The van der Waals surface area contributed by atoms with Gasteiger partial charge in [-0.15, -0.1) is 0 Å². The van der Waals surface area contributed by atoms with Crippen molar-refractivity contribution >= 4 is 17.6 Å². The minimum absolute atomic E-state index is 0.0382. The molecule has 1 N–H and O–H groups in total. The van der Waals surface area contributed by atoms with Crippen LogP contribution >= 0.6 is 0 Å². The van der Waals surface area contributed by atoms with E-state index in [0.717, 1.165) is 29.7 Å². The van der Waals surface area contributed by atoms with Crippen molar-refractivity contribution in [1.29, 1.82) is 0 Å². The fraction of sp³-hybridized carbons (Fsp3) is 0.429. The number of carbonyl (C=O) groups excluding carboxylic acids is 2. The molecule has 0 saturated heterocycles. The molecular weight excluding hydrogens is 230 g/mol. The molecule has 1 aliphatic heterocycles. The molecule has 0 unspecified atom stereocenters. The summed E-state index contributed by atoms with van der Waals surface area (Å²) in [6.45, 7) is 0. The molecule has 94 valence electrons. The Morgan fingerprint density at radius 1 is 1.44 bits per heavy atom. The van der Waals surface area contributed by atoms with Gasteiger partial charge in [0.05, 0.1) is 18.9 Å². The molecule has 1 amide bonds. The minimum atomic E-state index is -0.307. The van der Waals surface area contributed by atoms with Crippen molar-refractivity contribution < 1.29 is 14.3 Å². The second-order valence-electron chi connectivity index (χ2n) is 5.17. The number of fused-ring (bicyclic) bond motifs is 1. The zero-order chi connectivity index (χ0) is 12.8. The van der Waals surface area contributed by atoms with Gasteiger partial charge in [0, 0.05) is 5.69 Å². The van der Waals surface area contributed by atoms with Crippen LogP contribution in [0.2, 0.25) is 0 Å². The lowest BCUT2D eigenvalue weighted by atomic mass is 9.95. The van der Waals surface area contributed by atoms with Gasteiger partial charge in [-0.2, -0.15) is 0 Å². The summed E-state index contributed by atoms with van der Waals surface area (Å²) < 4.78 is 4.85. The third-order valence-electron chi connectivity index (χ3n) is 3.81. The minimum Gasteiger partial charge on any atom is -0.469 e. The summed E-state index contributed by atoms with van der Waals surface area (Å²) in [5.41, 5.74) is 2.72. The van der Waals surface area contributed by atoms with Gasteiger partial charge < -0.3 is 10.1 Å². The molecule has 3 rings (SSSR count). The maximum Gasteiger partial charge on any atom is 0.312 e. The van der Waals surface area contributed by atoms with Gasteiger partial charge in [-0.3, -0.25) is 9.59 Å². The molecule has 1 aromatic rings. The molecule has 0 spiro atoms. The summed E-state index contributed by atoms with van der Waals surface area (Å²) in [5.74, 6) is -0.0755. The molecule has 1 fully saturated rings. The lowest BCUT2D eigenvalue weighted by molar-refractivity contribution is -0.147. The monoisotopic (exact) mass is 245 g/mol. The number of hydrogen-bond acceptors (Lipinski definition) is 3. The van der Waals surface area contributed by atoms with E-state index < -0.39 is 0 Å². The van der Waals surface area contributed by atoms with Crippen LogP contribution in [-0.2, 0) is 27.2 Å². The van der Waals surface area contributed by atoms with E-state index >= 15 is 0 Å². The van der Waals surface area contributed by atoms with Crippen LogP contribution in [0.5, 0.6) is 0 Å². The van der Waals surface area contributed by atoms with Crippen LogP contribution in [0.4, 0.5) is 5.69 Å². The molecule has 1 aliphatic carbocycles. The summed E-state index contributed by atoms with van der Waals surface area (Å²) in [6.07, 6.45) is 2.94. The molecule has 4 nitrogen and oxygen atoms in total. The molecule has 0 bridgehead atoms. The molecule has 1 heterocycles. The number of rotatable bonds is 3. The average Bonchev–Trinajstić information content (AvgIpc) is 3.03. The topological polar surface area (TPSA) is 55.4 Å². The highest BCUT2D eigenvalue weighted by Crippen LogP contribution is 2.49. The van der Waals surface area contributed by atoms with Crippen molar-refractivity contribution in [2.75, 3.05) is 12.4 Å². The second-order valence-corrected chi connectivity index (χ2v) is 5.17. The van der Waals surface area contributed by atoms with E-state index in [2.05, 4.69) is 5.32 Å². The first-order valence-corrected chi connectivity index (χ1v) is 6.13.